The normalized spacial score (nSPS) is 15.0. The first kappa shape index (κ1) is 19.7. The minimum Gasteiger partial charge on any atom is -0.324 e. The van der Waals surface area contributed by atoms with Gasteiger partial charge in [0.2, 0.25) is 0 Å². The quantitative estimate of drug-likeness (QED) is 0.743. The van der Waals surface area contributed by atoms with Crippen molar-refractivity contribution in [2.45, 2.75) is 38.5 Å². The number of amides is 2. The second kappa shape index (κ2) is 8.67. The summed E-state index contributed by atoms with van der Waals surface area (Å²) in [6.07, 6.45) is 1.86. The standard InChI is InChI=1S/C18H29N3O3S/c1-4-19(5-2)14-15-21(18(22)20-12-6-7-13-20)25(23,24)17-10-8-16(3)9-11-17/h8-11H,4-7,12-15H2,1-3H3. The highest BCUT2D eigenvalue weighted by Gasteiger charge is 2.33. The molecule has 1 aliphatic heterocycles. The Hall–Kier alpha value is -1.60. The topological polar surface area (TPSA) is 60.9 Å². The van der Waals surface area contributed by atoms with Crippen molar-refractivity contribution in [3.8, 4) is 0 Å². The van der Waals surface area contributed by atoms with Crippen LogP contribution in [0.3, 0.4) is 0 Å². The number of carbonyl (C=O) groups excluding carboxylic acids is 1. The average Bonchev–Trinajstić information content (AvgIpc) is 3.13. The number of rotatable bonds is 7. The number of sulfonamides is 1. The van der Waals surface area contributed by atoms with Gasteiger partial charge in [0, 0.05) is 19.6 Å². The maximum atomic E-state index is 13.1. The van der Waals surface area contributed by atoms with Crippen LogP contribution in [0.25, 0.3) is 0 Å². The molecule has 0 bridgehead atoms. The molecular formula is C18H29N3O3S. The molecule has 1 saturated heterocycles. The predicted molar refractivity (Wildman–Crippen MR) is 99.1 cm³/mol. The van der Waals surface area contributed by atoms with E-state index in [9.17, 15) is 13.2 Å². The molecule has 0 aromatic heterocycles. The molecule has 1 aromatic carbocycles. The van der Waals surface area contributed by atoms with Gasteiger partial charge in [-0.1, -0.05) is 31.5 Å². The van der Waals surface area contributed by atoms with Crippen LogP contribution < -0.4 is 0 Å². The summed E-state index contributed by atoms with van der Waals surface area (Å²) in [5, 5.41) is 0. The van der Waals surface area contributed by atoms with E-state index in [2.05, 4.69) is 4.90 Å². The van der Waals surface area contributed by atoms with Gasteiger partial charge in [0.15, 0.2) is 0 Å². The molecule has 0 aliphatic carbocycles. The molecule has 1 heterocycles. The van der Waals surface area contributed by atoms with Gasteiger partial charge in [0.25, 0.3) is 10.0 Å². The van der Waals surface area contributed by atoms with E-state index in [0.717, 1.165) is 35.8 Å². The first-order valence-electron chi connectivity index (χ1n) is 9.00. The van der Waals surface area contributed by atoms with Crippen molar-refractivity contribution < 1.29 is 13.2 Å². The van der Waals surface area contributed by atoms with Crippen molar-refractivity contribution in [3.63, 3.8) is 0 Å². The average molecular weight is 368 g/mol. The Morgan fingerprint density at radius 2 is 1.60 bits per heavy atom. The molecule has 2 amide bonds. The zero-order chi connectivity index (χ0) is 18.4. The lowest BCUT2D eigenvalue weighted by Crippen LogP contribution is -2.48. The Bertz CT molecular complexity index is 663. The maximum absolute atomic E-state index is 13.1. The lowest BCUT2D eigenvalue weighted by molar-refractivity contribution is 0.182. The predicted octanol–water partition coefficient (Wildman–Crippen LogP) is 2.54. The number of urea groups is 1. The van der Waals surface area contributed by atoms with Crippen LogP contribution in [0.15, 0.2) is 29.2 Å². The van der Waals surface area contributed by atoms with Gasteiger partial charge < -0.3 is 9.80 Å². The second-order valence-corrected chi connectivity index (χ2v) is 8.26. The van der Waals surface area contributed by atoms with Gasteiger partial charge in [-0.3, -0.25) is 0 Å². The number of nitrogens with zero attached hydrogens (tertiary/aromatic N) is 3. The minimum atomic E-state index is -3.85. The van der Waals surface area contributed by atoms with E-state index >= 15 is 0 Å². The molecule has 0 saturated carbocycles. The third kappa shape index (κ3) is 4.73. The van der Waals surface area contributed by atoms with Crippen LogP contribution in [0.1, 0.15) is 32.3 Å². The van der Waals surface area contributed by atoms with E-state index in [4.69, 9.17) is 0 Å². The number of likely N-dealkylation sites (tertiary alicyclic amines) is 1. The molecule has 2 rings (SSSR count). The van der Waals surface area contributed by atoms with Crippen molar-refractivity contribution in [1.29, 1.82) is 0 Å². The Morgan fingerprint density at radius 1 is 1.04 bits per heavy atom. The van der Waals surface area contributed by atoms with Crippen LogP contribution in [0.5, 0.6) is 0 Å². The number of hydrogen-bond donors (Lipinski definition) is 0. The van der Waals surface area contributed by atoms with Gasteiger partial charge in [0.1, 0.15) is 0 Å². The van der Waals surface area contributed by atoms with Crippen LogP contribution in [-0.4, -0.2) is 67.8 Å². The minimum absolute atomic E-state index is 0.171. The molecule has 0 atom stereocenters. The van der Waals surface area contributed by atoms with Gasteiger partial charge in [0.05, 0.1) is 11.4 Å². The number of benzene rings is 1. The summed E-state index contributed by atoms with van der Waals surface area (Å²) in [7, 11) is -3.85. The maximum Gasteiger partial charge on any atom is 0.333 e. The summed E-state index contributed by atoms with van der Waals surface area (Å²) >= 11 is 0. The number of hydrogen-bond acceptors (Lipinski definition) is 4. The van der Waals surface area contributed by atoms with Crippen LogP contribution in [-0.2, 0) is 10.0 Å². The van der Waals surface area contributed by atoms with Crippen molar-refractivity contribution >= 4 is 16.1 Å². The fourth-order valence-electron chi connectivity index (χ4n) is 2.99. The van der Waals surface area contributed by atoms with Gasteiger partial charge in [-0.2, -0.15) is 0 Å². The van der Waals surface area contributed by atoms with Crippen LogP contribution >= 0.6 is 0 Å². The fraction of sp³-hybridized carbons (Fsp3) is 0.611. The molecule has 1 fully saturated rings. The lowest BCUT2D eigenvalue weighted by Gasteiger charge is -2.29. The highest BCUT2D eigenvalue weighted by atomic mass is 32.2. The zero-order valence-electron chi connectivity index (χ0n) is 15.4. The molecule has 0 radical (unpaired) electrons. The van der Waals surface area contributed by atoms with Gasteiger partial charge in [-0.15, -0.1) is 0 Å². The van der Waals surface area contributed by atoms with E-state index in [0.29, 0.717) is 19.6 Å². The third-order valence-electron chi connectivity index (χ3n) is 4.71. The van der Waals surface area contributed by atoms with Gasteiger partial charge in [-0.25, -0.2) is 17.5 Å². The van der Waals surface area contributed by atoms with E-state index in [1.807, 2.05) is 20.8 Å². The van der Waals surface area contributed by atoms with Crippen LogP contribution in [0.4, 0.5) is 4.79 Å². The molecule has 6 nitrogen and oxygen atoms in total. The highest BCUT2D eigenvalue weighted by molar-refractivity contribution is 7.89. The van der Waals surface area contributed by atoms with Crippen LogP contribution in [0, 0.1) is 6.92 Å². The molecule has 7 heteroatoms. The smallest absolute Gasteiger partial charge is 0.324 e. The third-order valence-corrected chi connectivity index (χ3v) is 6.50. The largest absolute Gasteiger partial charge is 0.333 e. The molecule has 0 unspecified atom stereocenters. The van der Waals surface area contributed by atoms with Crippen LogP contribution in [0.2, 0.25) is 0 Å². The molecule has 140 valence electrons. The Balaban J connectivity index is 2.28. The molecular weight excluding hydrogens is 338 g/mol. The van der Waals surface area contributed by atoms with Gasteiger partial charge >= 0.3 is 6.03 Å². The summed E-state index contributed by atoms with van der Waals surface area (Å²) in [6, 6.07) is 6.27. The Kier molecular flexibility index (Phi) is 6.84. The van der Waals surface area contributed by atoms with E-state index in [-0.39, 0.29) is 11.4 Å². The Morgan fingerprint density at radius 3 is 2.12 bits per heavy atom. The van der Waals surface area contributed by atoms with Gasteiger partial charge in [-0.05, 0) is 45.0 Å². The number of likely N-dealkylation sites (N-methyl/N-ethyl adjacent to an activating group) is 1. The molecule has 1 aliphatic rings. The lowest BCUT2D eigenvalue weighted by atomic mass is 10.2. The summed E-state index contributed by atoms with van der Waals surface area (Å²) in [6.45, 7) is 9.59. The van der Waals surface area contributed by atoms with E-state index in [1.54, 1.807) is 29.2 Å². The van der Waals surface area contributed by atoms with Crippen molar-refractivity contribution in [2.24, 2.45) is 0 Å². The SMILES string of the molecule is CCN(CC)CCN(C(=O)N1CCCC1)S(=O)(=O)c1ccc(C)cc1. The first-order chi connectivity index (χ1) is 11.9. The number of aryl methyl sites for hydroxylation is 1. The monoisotopic (exact) mass is 367 g/mol. The zero-order valence-corrected chi connectivity index (χ0v) is 16.3. The summed E-state index contributed by atoms with van der Waals surface area (Å²) in [5.74, 6) is 0. The highest BCUT2D eigenvalue weighted by Crippen LogP contribution is 2.20. The second-order valence-electron chi connectivity index (χ2n) is 6.39. The van der Waals surface area contributed by atoms with Crippen molar-refractivity contribution in [2.75, 3.05) is 39.3 Å². The summed E-state index contributed by atoms with van der Waals surface area (Å²) in [5.41, 5.74) is 0.986. The summed E-state index contributed by atoms with van der Waals surface area (Å²) in [4.78, 5) is 16.8. The van der Waals surface area contributed by atoms with Crippen molar-refractivity contribution in [1.82, 2.24) is 14.1 Å². The Labute approximate surface area is 151 Å². The van der Waals surface area contributed by atoms with E-state index in [1.165, 1.54) is 0 Å². The summed E-state index contributed by atoms with van der Waals surface area (Å²) < 4.78 is 27.2. The molecule has 1 aromatic rings. The van der Waals surface area contributed by atoms with E-state index < -0.39 is 16.1 Å². The fourth-order valence-corrected chi connectivity index (χ4v) is 4.37. The number of carbonyl (C=O) groups is 1. The molecule has 25 heavy (non-hydrogen) atoms. The van der Waals surface area contributed by atoms with Crippen molar-refractivity contribution in [3.05, 3.63) is 29.8 Å². The molecule has 0 N–H and O–H groups in total. The first-order valence-corrected chi connectivity index (χ1v) is 10.4. The molecule has 0 spiro atoms.